The van der Waals surface area contributed by atoms with Crippen LogP contribution in [0.1, 0.15) is 77.0 Å². The summed E-state index contributed by atoms with van der Waals surface area (Å²) >= 11 is 0. The minimum Gasteiger partial charge on any atom is -0.465 e. The average molecular weight is 751 g/mol. The third-order valence-corrected chi connectivity index (χ3v) is 12.3. The normalized spacial score (nSPS) is 29.7. The fraction of sp³-hybridized carbons (Fsp3) is 0.786. The zero-order chi connectivity index (χ0) is 36.5. The molecule has 0 bridgehead atoms. The predicted octanol–water partition coefficient (Wildman–Crippen LogP) is 0.660. The van der Waals surface area contributed by atoms with Gasteiger partial charge in [-0.3, -0.25) is 39.4 Å². The number of carbonyl (C=O) groups excluding carboxylic acids is 6. The summed E-state index contributed by atoms with van der Waals surface area (Å²) in [5, 5.41) is 43.5. The standard InChI is InChI=1S/C28H38N4O16S2/c33-21-5-6-22(34)29(21)47-25(37)9-11-45-27(39)17-13-15(1-3-19(17)31(41)42)49-50-16-2-4-20(32(43)44)18(14-16)28(40)46-12-10-26(38)48-30-23(35)7-8-24(30)36/h15-21,23,33,35H,1-14H2. The third-order valence-electron chi connectivity index (χ3n) is 8.77. The molecule has 20 nitrogen and oxygen atoms in total. The van der Waals surface area contributed by atoms with Gasteiger partial charge < -0.3 is 29.4 Å². The quantitative estimate of drug-likeness (QED) is 0.101. The van der Waals surface area contributed by atoms with Crippen LogP contribution in [0.25, 0.3) is 0 Å². The van der Waals surface area contributed by atoms with Gasteiger partial charge in [0.05, 0.1) is 12.8 Å². The molecule has 0 radical (unpaired) electrons. The van der Waals surface area contributed by atoms with Crippen molar-refractivity contribution in [3.63, 3.8) is 0 Å². The summed E-state index contributed by atoms with van der Waals surface area (Å²) in [5.74, 6) is -6.96. The van der Waals surface area contributed by atoms with Gasteiger partial charge in [0.15, 0.2) is 12.5 Å². The second-order valence-electron chi connectivity index (χ2n) is 12.2. The monoisotopic (exact) mass is 750 g/mol. The molecular weight excluding hydrogens is 712 g/mol. The van der Waals surface area contributed by atoms with E-state index in [2.05, 4.69) is 0 Å². The van der Waals surface area contributed by atoms with Crippen LogP contribution in [-0.4, -0.2) is 114 Å². The highest BCUT2D eigenvalue weighted by atomic mass is 33.1. The molecule has 50 heavy (non-hydrogen) atoms. The number of aliphatic hydroxyl groups is 2. The van der Waals surface area contributed by atoms with E-state index in [-0.39, 0.29) is 61.9 Å². The molecule has 4 rings (SSSR count). The van der Waals surface area contributed by atoms with Crippen molar-refractivity contribution in [3.05, 3.63) is 20.2 Å². The van der Waals surface area contributed by atoms with Crippen molar-refractivity contribution in [2.24, 2.45) is 11.8 Å². The van der Waals surface area contributed by atoms with Crippen molar-refractivity contribution in [2.45, 2.75) is 112 Å². The van der Waals surface area contributed by atoms with Crippen LogP contribution in [0.4, 0.5) is 0 Å². The molecule has 2 saturated heterocycles. The Morgan fingerprint density at radius 1 is 0.680 bits per heavy atom. The Balaban J connectivity index is 1.23. The fourth-order valence-corrected chi connectivity index (χ4v) is 9.43. The number of ether oxygens (including phenoxy) is 2. The second-order valence-corrected chi connectivity index (χ2v) is 15.1. The Kier molecular flexibility index (Phi) is 14.0. The minimum atomic E-state index is -1.26. The molecule has 2 saturated carbocycles. The highest BCUT2D eigenvalue weighted by Gasteiger charge is 2.46. The van der Waals surface area contributed by atoms with Gasteiger partial charge in [-0.15, -0.1) is 10.1 Å². The number of nitro groups is 2. The maximum Gasteiger partial charge on any atom is 0.336 e. The number of esters is 2. The highest BCUT2D eigenvalue weighted by Crippen LogP contribution is 2.45. The van der Waals surface area contributed by atoms with Gasteiger partial charge in [0.2, 0.25) is 12.1 Å². The maximum absolute atomic E-state index is 12.9. The van der Waals surface area contributed by atoms with Gasteiger partial charge in [-0.25, -0.2) is 9.59 Å². The van der Waals surface area contributed by atoms with Crippen LogP contribution in [0, 0.1) is 32.1 Å². The Morgan fingerprint density at radius 3 is 1.38 bits per heavy atom. The van der Waals surface area contributed by atoms with E-state index in [1.165, 1.54) is 21.6 Å². The average Bonchev–Trinajstić information content (AvgIpc) is 3.57. The Labute approximate surface area is 292 Å². The molecule has 278 valence electrons. The van der Waals surface area contributed by atoms with Crippen molar-refractivity contribution < 1.29 is 68.0 Å². The molecule has 0 aromatic rings. The van der Waals surface area contributed by atoms with Crippen LogP contribution in [-0.2, 0) is 47.9 Å². The number of amides is 2. The van der Waals surface area contributed by atoms with Crippen LogP contribution in [0.5, 0.6) is 0 Å². The van der Waals surface area contributed by atoms with E-state index in [0.29, 0.717) is 23.0 Å². The first-order valence-corrected chi connectivity index (χ1v) is 18.4. The fourth-order valence-electron chi connectivity index (χ4n) is 6.09. The van der Waals surface area contributed by atoms with Gasteiger partial charge in [-0.1, -0.05) is 21.6 Å². The molecule has 2 amide bonds. The van der Waals surface area contributed by atoms with Crippen molar-refractivity contribution >= 4 is 57.3 Å². The van der Waals surface area contributed by atoms with Crippen LogP contribution < -0.4 is 0 Å². The van der Waals surface area contributed by atoms with E-state index in [0.717, 1.165) is 0 Å². The van der Waals surface area contributed by atoms with E-state index >= 15 is 0 Å². The summed E-state index contributed by atoms with van der Waals surface area (Å²) in [6.07, 6.45) is -2.05. The van der Waals surface area contributed by atoms with Crippen LogP contribution in [0.15, 0.2) is 0 Å². The summed E-state index contributed by atoms with van der Waals surface area (Å²) < 4.78 is 10.3. The largest absolute Gasteiger partial charge is 0.465 e. The van der Waals surface area contributed by atoms with Crippen LogP contribution >= 0.6 is 21.6 Å². The molecule has 4 fully saturated rings. The number of rotatable bonds is 15. The van der Waals surface area contributed by atoms with Crippen LogP contribution in [0.2, 0.25) is 0 Å². The molecule has 22 heteroatoms. The van der Waals surface area contributed by atoms with Gasteiger partial charge in [0, 0.05) is 58.9 Å². The van der Waals surface area contributed by atoms with Crippen molar-refractivity contribution in [2.75, 3.05) is 13.2 Å². The summed E-state index contributed by atoms with van der Waals surface area (Å²) in [7, 11) is 2.72. The molecule has 8 atom stereocenters. The second kappa shape index (κ2) is 17.9. The Bertz CT molecular complexity index is 1240. The van der Waals surface area contributed by atoms with Gasteiger partial charge in [0.1, 0.15) is 25.0 Å². The first-order chi connectivity index (χ1) is 23.7. The Hall–Kier alpha value is -3.76. The number of hydrogen-bond donors (Lipinski definition) is 2. The van der Waals surface area contributed by atoms with E-state index in [9.17, 15) is 59.2 Å². The summed E-state index contributed by atoms with van der Waals surface area (Å²) in [5.41, 5.74) is 0. The van der Waals surface area contributed by atoms with Crippen molar-refractivity contribution in [1.82, 2.24) is 10.1 Å². The zero-order valence-electron chi connectivity index (χ0n) is 26.7. The molecule has 2 heterocycles. The van der Waals surface area contributed by atoms with Crippen molar-refractivity contribution in [3.8, 4) is 0 Å². The lowest BCUT2D eigenvalue weighted by Gasteiger charge is -2.32. The topological polar surface area (TPSA) is 273 Å². The minimum absolute atomic E-state index is 0.00962. The zero-order valence-corrected chi connectivity index (χ0v) is 28.4. The maximum atomic E-state index is 12.9. The predicted molar refractivity (Wildman–Crippen MR) is 167 cm³/mol. The number of aliphatic hydroxyl groups excluding tert-OH is 2. The SMILES string of the molecule is O=C(CCOC(=O)C1CC(SSC2CCC([N+](=O)[O-])C(C(=O)OCCC(=O)ON3C(=O)CCC3O)C2)CCC1[N+](=O)[O-])ON1C(=O)CCC1O. The van der Waals surface area contributed by atoms with E-state index < -0.39 is 108 Å². The molecule has 0 aromatic carbocycles. The van der Waals surface area contributed by atoms with Gasteiger partial charge in [-0.2, -0.15) is 0 Å². The number of nitrogens with zero attached hydrogens (tertiary/aromatic N) is 4. The first kappa shape index (κ1) is 39.0. The molecule has 2 N–H and O–H groups in total. The summed E-state index contributed by atoms with van der Waals surface area (Å²) in [4.78, 5) is 105. The molecule has 0 spiro atoms. The van der Waals surface area contributed by atoms with Crippen molar-refractivity contribution in [1.29, 1.82) is 0 Å². The Morgan fingerprint density at radius 2 is 1.06 bits per heavy atom. The number of hydroxylamine groups is 4. The smallest absolute Gasteiger partial charge is 0.336 e. The molecule has 8 unspecified atom stereocenters. The van der Waals surface area contributed by atoms with Gasteiger partial charge >= 0.3 is 23.9 Å². The van der Waals surface area contributed by atoms with E-state index in [1.54, 1.807) is 0 Å². The first-order valence-electron chi connectivity index (χ1n) is 16.1. The van der Waals surface area contributed by atoms with E-state index in [1.807, 2.05) is 0 Å². The molecule has 2 aliphatic carbocycles. The molecular formula is C28H38N4O16S2. The third kappa shape index (κ3) is 10.4. The summed E-state index contributed by atoms with van der Waals surface area (Å²) in [6.45, 7) is -0.911. The summed E-state index contributed by atoms with van der Waals surface area (Å²) in [6, 6.07) is -2.41. The lowest BCUT2D eigenvalue weighted by atomic mass is 9.84. The highest BCUT2D eigenvalue weighted by molar-refractivity contribution is 8.77. The number of hydrogen-bond acceptors (Lipinski definition) is 18. The van der Waals surface area contributed by atoms with Gasteiger partial charge in [0.25, 0.3) is 11.8 Å². The van der Waals surface area contributed by atoms with Crippen LogP contribution in [0.3, 0.4) is 0 Å². The lowest BCUT2D eigenvalue weighted by molar-refractivity contribution is -0.533. The molecule has 0 aromatic heterocycles. The number of carbonyl (C=O) groups is 6. The van der Waals surface area contributed by atoms with E-state index in [4.69, 9.17) is 19.1 Å². The van der Waals surface area contributed by atoms with Gasteiger partial charge in [-0.05, 0) is 25.7 Å². The molecule has 4 aliphatic rings. The molecule has 2 aliphatic heterocycles. The lowest BCUT2D eigenvalue weighted by Crippen LogP contribution is -2.42.